The van der Waals surface area contributed by atoms with Gasteiger partial charge in [-0.15, -0.1) is 0 Å². The number of hydrogen-bond acceptors (Lipinski definition) is 4. The molecule has 1 aromatic heterocycles. The first-order valence-corrected chi connectivity index (χ1v) is 13.1. The van der Waals surface area contributed by atoms with Gasteiger partial charge < -0.3 is 15.7 Å². The second kappa shape index (κ2) is 10.6. The van der Waals surface area contributed by atoms with Crippen LogP contribution in [0.4, 0.5) is 5.82 Å². The lowest BCUT2D eigenvalue weighted by Crippen LogP contribution is -2.46. The molecule has 7 heteroatoms. The van der Waals surface area contributed by atoms with Crippen LogP contribution in [0.3, 0.4) is 0 Å². The summed E-state index contributed by atoms with van der Waals surface area (Å²) in [7, 11) is 0. The second-order valence-electron chi connectivity index (χ2n) is 9.76. The molecule has 5 aromatic carbocycles. The van der Waals surface area contributed by atoms with Crippen LogP contribution < -0.4 is 10.6 Å². The van der Waals surface area contributed by atoms with Gasteiger partial charge in [0.1, 0.15) is 6.04 Å². The van der Waals surface area contributed by atoms with Crippen molar-refractivity contribution in [1.29, 1.82) is 0 Å². The van der Waals surface area contributed by atoms with Crippen molar-refractivity contribution in [2.45, 2.75) is 25.3 Å². The SMILES string of the molecule is O=C(CCCc1ccc2ccc3cccc4ccc1c2c34)N[C@@H](CO)C(=O)Nc1cc(-c2ccccc2)[nH]n1. The first-order valence-electron chi connectivity index (χ1n) is 13.1. The maximum Gasteiger partial charge on any atom is 0.250 e. The van der Waals surface area contributed by atoms with Crippen LogP contribution in [0.25, 0.3) is 43.6 Å². The van der Waals surface area contributed by atoms with E-state index in [4.69, 9.17) is 0 Å². The summed E-state index contributed by atoms with van der Waals surface area (Å²) in [6.07, 6.45) is 1.59. The summed E-state index contributed by atoms with van der Waals surface area (Å²) in [6.45, 7) is -0.511. The molecule has 39 heavy (non-hydrogen) atoms. The highest BCUT2D eigenvalue weighted by Gasteiger charge is 2.21. The Hall–Kier alpha value is -4.75. The van der Waals surface area contributed by atoms with Crippen molar-refractivity contribution in [3.63, 3.8) is 0 Å². The molecule has 0 radical (unpaired) electrons. The molecule has 0 unspecified atom stereocenters. The molecular weight excluding hydrogens is 488 g/mol. The fourth-order valence-electron chi connectivity index (χ4n) is 5.28. The third-order valence-corrected chi connectivity index (χ3v) is 7.22. The van der Waals surface area contributed by atoms with Gasteiger partial charge in [-0.05, 0) is 56.3 Å². The third kappa shape index (κ3) is 4.92. The number of aliphatic hydroxyl groups is 1. The number of nitrogens with one attached hydrogen (secondary N) is 3. The molecule has 6 aromatic rings. The second-order valence-corrected chi connectivity index (χ2v) is 9.76. The predicted octanol–water partition coefficient (Wildman–Crippen LogP) is 5.41. The van der Waals surface area contributed by atoms with Gasteiger partial charge in [-0.3, -0.25) is 14.7 Å². The molecule has 2 amide bonds. The molecule has 0 bridgehead atoms. The summed E-state index contributed by atoms with van der Waals surface area (Å²) in [6, 6.07) is 29.5. The number of rotatable bonds is 9. The Labute approximate surface area is 225 Å². The van der Waals surface area contributed by atoms with Crippen molar-refractivity contribution >= 4 is 49.9 Å². The minimum atomic E-state index is -1.07. The lowest BCUT2D eigenvalue weighted by molar-refractivity contribution is -0.127. The molecule has 0 aliphatic carbocycles. The number of H-pyrrole nitrogens is 1. The van der Waals surface area contributed by atoms with Crippen LogP contribution >= 0.6 is 0 Å². The highest BCUT2D eigenvalue weighted by molar-refractivity contribution is 6.23. The van der Waals surface area contributed by atoms with E-state index in [0.29, 0.717) is 12.2 Å². The molecule has 1 heterocycles. The summed E-state index contributed by atoms with van der Waals surface area (Å²) < 4.78 is 0. The van der Waals surface area contributed by atoms with Crippen LogP contribution in [-0.2, 0) is 16.0 Å². The van der Waals surface area contributed by atoms with Gasteiger partial charge in [0.2, 0.25) is 5.91 Å². The summed E-state index contributed by atoms with van der Waals surface area (Å²) in [4.78, 5) is 25.4. The maximum absolute atomic E-state index is 12.7. The van der Waals surface area contributed by atoms with Crippen LogP contribution in [0.2, 0.25) is 0 Å². The number of aromatic amines is 1. The van der Waals surface area contributed by atoms with Crippen molar-refractivity contribution in [2.75, 3.05) is 11.9 Å². The summed E-state index contributed by atoms with van der Waals surface area (Å²) in [5, 5.41) is 29.5. The van der Waals surface area contributed by atoms with Crippen LogP contribution in [0.15, 0.2) is 91.0 Å². The summed E-state index contributed by atoms with van der Waals surface area (Å²) in [5.41, 5.74) is 2.88. The molecule has 4 N–H and O–H groups in total. The molecule has 0 saturated heterocycles. The van der Waals surface area contributed by atoms with Crippen LogP contribution in [0.5, 0.6) is 0 Å². The Kier molecular flexibility index (Phi) is 6.65. The van der Waals surface area contributed by atoms with E-state index in [1.165, 1.54) is 37.9 Å². The maximum atomic E-state index is 12.7. The molecule has 7 nitrogen and oxygen atoms in total. The van der Waals surface area contributed by atoms with E-state index >= 15 is 0 Å². The largest absolute Gasteiger partial charge is 0.394 e. The summed E-state index contributed by atoms with van der Waals surface area (Å²) >= 11 is 0. The highest BCUT2D eigenvalue weighted by Crippen LogP contribution is 2.36. The number of aryl methyl sites for hydroxylation is 1. The number of carbonyl (C=O) groups excluding carboxylic acids is 2. The lowest BCUT2D eigenvalue weighted by Gasteiger charge is -2.16. The fraction of sp³-hybridized carbons (Fsp3) is 0.156. The Balaban J connectivity index is 1.08. The van der Waals surface area contributed by atoms with Crippen LogP contribution in [-0.4, -0.2) is 39.8 Å². The first kappa shape index (κ1) is 24.6. The number of aliphatic hydroxyl groups excluding tert-OH is 1. The van der Waals surface area contributed by atoms with Gasteiger partial charge in [-0.25, -0.2) is 0 Å². The standard InChI is InChI=1S/C32H28N4O3/c37-19-27(32(39)34-28-18-26(35-36-28)21-6-2-1-3-7-21)33-29(38)11-5-8-20-12-13-24-15-14-22-9-4-10-23-16-17-25(20)31(24)30(22)23/h1-4,6-7,9-10,12-18,27,37H,5,8,11,19H2,(H,33,38)(H2,34,35,36,39)/t27-/m0/s1. The van der Waals surface area contributed by atoms with Crippen molar-refractivity contribution in [3.8, 4) is 11.3 Å². The van der Waals surface area contributed by atoms with E-state index in [1.54, 1.807) is 6.07 Å². The van der Waals surface area contributed by atoms with E-state index in [2.05, 4.69) is 75.4 Å². The Bertz CT molecular complexity index is 1760. The number of anilines is 1. The molecule has 6 rings (SSSR count). The number of amides is 2. The van der Waals surface area contributed by atoms with Crippen molar-refractivity contribution in [3.05, 3.63) is 96.6 Å². The number of aromatic nitrogens is 2. The normalized spacial score (nSPS) is 12.2. The van der Waals surface area contributed by atoms with Gasteiger partial charge in [-0.2, -0.15) is 5.10 Å². The Morgan fingerprint density at radius 1 is 0.846 bits per heavy atom. The zero-order chi connectivity index (χ0) is 26.8. The number of nitrogens with zero attached hydrogens (tertiary/aromatic N) is 1. The van der Waals surface area contributed by atoms with E-state index in [-0.39, 0.29) is 12.3 Å². The summed E-state index contributed by atoms with van der Waals surface area (Å²) in [5.74, 6) is -0.488. The van der Waals surface area contributed by atoms with E-state index in [9.17, 15) is 14.7 Å². The van der Waals surface area contributed by atoms with Crippen molar-refractivity contribution in [1.82, 2.24) is 15.5 Å². The third-order valence-electron chi connectivity index (χ3n) is 7.22. The zero-order valence-corrected chi connectivity index (χ0v) is 21.3. The van der Waals surface area contributed by atoms with E-state index in [1.807, 2.05) is 30.3 Å². The average molecular weight is 517 g/mol. The van der Waals surface area contributed by atoms with Gasteiger partial charge in [0.05, 0.1) is 12.3 Å². The number of benzene rings is 5. The molecule has 0 fully saturated rings. The predicted molar refractivity (Wildman–Crippen MR) is 155 cm³/mol. The monoisotopic (exact) mass is 516 g/mol. The van der Waals surface area contributed by atoms with Gasteiger partial charge in [0, 0.05) is 12.5 Å². The highest BCUT2D eigenvalue weighted by atomic mass is 16.3. The molecule has 0 saturated carbocycles. The van der Waals surface area contributed by atoms with Crippen molar-refractivity contribution in [2.24, 2.45) is 0 Å². The minimum absolute atomic E-state index is 0.242. The van der Waals surface area contributed by atoms with Gasteiger partial charge in [0.25, 0.3) is 5.91 Å². The molecular formula is C32H28N4O3. The molecule has 0 spiro atoms. The fourth-order valence-corrected chi connectivity index (χ4v) is 5.28. The van der Waals surface area contributed by atoms with E-state index < -0.39 is 18.6 Å². The Morgan fingerprint density at radius 2 is 1.56 bits per heavy atom. The van der Waals surface area contributed by atoms with Gasteiger partial charge >= 0.3 is 0 Å². The number of carbonyl (C=O) groups is 2. The van der Waals surface area contributed by atoms with Crippen molar-refractivity contribution < 1.29 is 14.7 Å². The van der Waals surface area contributed by atoms with E-state index in [0.717, 1.165) is 17.7 Å². The lowest BCUT2D eigenvalue weighted by atomic mass is 9.90. The van der Waals surface area contributed by atoms with Crippen LogP contribution in [0, 0.1) is 0 Å². The quantitative estimate of drug-likeness (QED) is 0.193. The number of hydrogen-bond donors (Lipinski definition) is 4. The average Bonchev–Trinajstić information content (AvgIpc) is 3.44. The molecule has 0 aliphatic heterocycles. The molecule has 194 valence electrons. The smallest absolute Gasteiger partial charge is 0.250 e. The van der Waals surface area contributed by atoms with Crippen LogP contribution in [0.1, 0.15) is 18.4 Å². The zero-order valence-electron chi connectivity index (χ0n) is 21.3. The Morgan fingerprint density at radius 3 is 2.33 bits per heavy atom. The molecule has 0 aliphatic rings. The molecule has 1 atom stereocenters. The minimum Gasteiger partial charge on any atom is -0.394 e. The first-order chi connectivity index (χ1) is 19.1. The topological polar surface area (TPSA) is 107 Å². The van der Waals surface area contributed by atoms with Gasteiger partial charge in [-0.1, -0.05) is 84.9 Å². The van der Waals surface area contributed by atoms with Gasteiger partial charge in [0.15, 0.2) is 5.82 Å².